The van der Waals surface area contributed by atoms with Crippen LogP contribution in [-0.2, 0) is 6.54 Å². The van der Waals surface area contributed by atoms with Crippen LogP contribution >= 0.6 is 0 Å². The van der Waals surface area contributed by atoms with Gasteiger partial charge < -0.3 is 10.3 Å². The first kappa shape index (κ1) is 15.3. The molecule has 4 aromatic rings. The predicted molar refractivity (Wildman–Crippen MR) is 93.0 cm³/mol. The number of aromatic amines is 1. The largest absolute Gasteiger partial charge is 0.381 e. The molecule has 0 aliphatic heterocycles. The summed E-state index contributed by atoms with van der Waals surface area (Å²) in [6.45, 7) is 0.313. The van der Waals surface area contributed by atoms with Crippen LogP contribution in [0.3, 0.4) is 0 Å². The highest BCUT2D eigenvalue weighted by Gasteiger charge is 2.08. The van der Waals surface area contributed by atoms with Crippen LogP contribution in [0.25, 0.3) is 22.3 Å². The van der Waals surface area contributed by atoms with Crippen LogP contribution in [0, 0.1) is 11.6 Å². The molecular weight excluding hydrogens is 322 g/mol. The zero-order valence-corrected chi connectivity index (χ0v) is 13.1. The van der Waals surface area contributed by atoms with Crippen molar-refractivity contribution in [1.29, 1.82) is 0 Å². The molecule has 0 radical (unpaired) electrons. The molecule has 0 bridgehead atoms. The van der Waals surface area contributed by atoms with E-state index < -0.39 is 11.6 Å². The molecule has 0 aliphatic rings. The van der Waals surface area contributed by atoms with Crippen LogP contribution in [0.2, 0.25) is 0 Å². The van der Waals surface area contributed by atoms with Crippen LogP contribution in [0.5, 0.6) is 0 Å². The van der Waals surface area contributed by atoms with Gasteiger partial charge in [-0.05, 0) is 42.0 Å². The second kappa shape index (κ2) is 6.32. The van der Waals surface area contributed by atoms with Crippen molar-refractivity contribution < 1.29 is 8.78 Å². The molecule has 0 saturated heterocycles. The Kier molecular flexibility index (Phi) is 3.85. The SMILES string of the molecule is Fc1cc(F)cc(CNc2ccnc(-c3c[nH]c4ncccc34)c2)c1. The quantitative estimate of drug-likeness (QED) is 0.576. The van der Waals surface area contributed by atoms with Gasteiger partial charge in [-0.3, -0.25) is 4.98 Å². The number of anilines is 1. The van der Waals surface area contributed by atoms with Crippen LogP contribution in [-0.4, -0.2) is 15.0 Å². The van der Waals surface area contributed by atoms with Gasteiger partial charge in [-0.2, -0.15) is 0 Å². The van der Waals surface area contributed by atoms with Gasteiger partial charge in [-0.25, -0.2) is 13.8 Å². The molecule has 0 fully saturated rings. The summed E-state index contributed by atoms with van der Waals surface area (Å²) < 4.78 is 26.5. The number of aromatic nitrogens is 3. The van der Waals surface area contributed by atoms with Crippen molar-refractivity contribution in [3.8, 4) is 11.3 Å². The smallest absolute Gasteiger partial charge is 0.137 e. The van der Waals surface area contributed by atoms with E-state index in [0.29, 0.717) is 12.1 Å². The van der Waals surface area contributed by atoms with E-state index in [4.69, 9.17) is 0 Å². The molecule has 0 saturated carbocycles. The molecule has 4 nitrogen and oxygen atoms in total. The minimum Gasteiger partial charge on any atom is -0.381 e. The highest BCUT2D eigenvalue weighted by Crippen LogP contribution is 2.27. The van der Waals surface area contributed by atoms with E-state index >= 15 is 0 Å². The fourth-order valence-corrected chi connectivity index (χ4v) is 2.77. The summed E-state index contributed by atoms with van der Waals surface area (Å²) in [5, 5.41) is 4.15. The fraction of sp³-hybridized carbons (Fsp3) is 0.0526. The lowest BCUT2D eigenvalue weighted by atomic mass is 10.1. The number of fused-ring (bicyclic) bond motifs is 1. The Hall–Kier alpha value is -3.28. The topological polar surface area (TPSA) is 53.6 Å². The molecule has 6 heteroatoms. The summed E-state index contributed by atoms with van der Waals surface area (Å²) in [6.07, 6.45) is 5.29. The monoisotopic (exact) mass is 336 g/mol. The van der Waals surface area contributed by atoms with Crippen molar-refractivity contribution in [3.05, 3.63) is 78.3 Å². The first-order chi connectivity index (χ1) is 12.2. The lowest BCUT2D eigenvalue weighted by Gasteiger charge is -2.08. The molecule has 0 spiro atoms. The number of rotatable bonds is 4. The average Bonchev–Trinajstić information content (AvgIpc) is 3.04. The summed E-state index contributed by atoms with van der Waals surface area (Å²) in [4.78, 5) is 11.8. The van der Waals surface area contributed by atoms with E-state index in [1.165, 1.54) is 12.1 Å². The molecule has 0 unspecified atom stereocenters. The summed E-state index contributed by atoms with van der Waals surface area (Å²) >= 11 is 0. The number of nitrogens with zero attached hydrogens (tertiary/aromatic N) is 2. The summed E-state index contributed by atoms with van der Waals surface area (Å²) in [5.41, 5.74) is 3.88. The van der Waals surface area contributed by atoms with Gasteiger partial charge in [-0.15, -0.1) is 0 Å². The third-order valence-corrected chi connectivity index (χ3v) is 3.91. The van der Waals surface area contributed by atoms with Crippen LogP contribution in [0.4, 0.5) is 14.5 Å². The maximum Gasteiger partial charge on any atom is 0.137 e. The van der Waals surface area contributed by atoms with E-state index in [0.717, 1.165) is 34.0 Å². The second-order valence-electron chi connectivity index (χ2n) is 5.66. The summed E-state index contributed by atoms with van der Waals surface area (Å²) in [6, 6.07) is 11.0. The van der Waals surface area contributed by atoms with E-state index in [2.05, 4.69) is 20.3 Å². The normalized spacial score (nSPS) is 11.0. The molecule has 4 rings (SSSR count). The second-order valence-corrected chi connectivity index (χ2v) is 5.66. The molecule has 0 atom stereocenters. The number of H-pyrrole nitrogens is 1. The van der Waals surface area contributed by atoms with Crippen LogP contribution in [0.15, 0.2) is 61.1 Å². The van der Waals surface area contributed by atoms with Crippen molar-refractivity contribution in [2.75, 3.05) is 5.32 Å². The zero-order valence-electron chi connectivity index (χ0n) is 13.1. The number of benzene rings is 1. The third-order valence-electron chi connectivity index (χ3n) is 3.91. The van der Waals surface area contributed by atoms with Crippen LogP contribution < -0.4 is 5.32 Å². The van der Waals surface area contributed by atoms with E-state index in [1.807, 2.05) is 30.5 Å². The van der Waals surface area contributed by atoms with Gasteiger partial charge in [0.15, 0.2) is 0 Å². The predicted octanol–water partition coefficient (Wildman–Crippen LogP) is 4.52. The Morgan fingerprint density at radius 1 is 0.960 bits per heavy atom. The van der Waals surface area contributed by atoms with Gasteiger partial charge in [0.25, 0.3) is 0 Å². The summed E-state index contributed by atoms with van der Waals surface area (Å²) in [7, 11) is 0. The maximum absolute atomic E-state index is 13.3. The Morgan fingerprint density at radius 2 is 1.80 bits per heavy atom. The van der Waals surface area contributed by atoms with Gasteiger partial charge in [0.2, 0.25) is 0 Å². The number of halogens is 2. The average molecular weight is 336 g/mol. The first-order valence-corrected chi connectivity index (χ1v) is 7.76. The number of nitrogens with one attached hydrogen (secondary N) is 2. The van der Waals surface area contributed by atoms with Gasteiger partial charge in [0.05, 0.1) is 5.69 Å². The Morgan fingerprint density at radius 3 is 2.64 bits per heavy atom. The molecule has 3 heterocycles. The molecule has 1 aromatic carbocycles. The van der Waals surface area contributed by atoms with Crippen molar-refractivity contribution in [1.82, 2.24) is 15.0 Å². The molecule has 3 aromatic heterocycles. The minimum absolute atomic E-state index is 0.313. The number of pyridine rings is 2. The van der Waals surface area contributed by atoms with E-state index in [9.17, 15) is 8.78 Å². The molecule has 25 heavy (non-hydrogen) atoms. The minimum atomic E-state index is -0.585. The maximum atomic E-state index is 13.3. The van der Waals surface area contributed by atoms with Gasteiger partial charge >= 0.3 is 0 Å². The number of hydrogen-bond acceptors (Lipinski definition) is 3. The third kappa shape index (κ3) is 3.19. The van der Waals surface area contributed by atoms with Gasteiger partial charge in [-0.1, -0.05) is 0 Å². The van der Waals surface area contributed by atoms with Crippen molar-refractivity contribution in [2.45, 2.75) is 6.54 Å². The zero-order chi connectivity index (χ0) is 17.2. The Bertz CT molecular complexity index is 1020. The Labute approximate surface area is 142 Å². The Balaban J connectivity index is 1.59. The van der Waals surface area contributed by atoms with E-state index in [1.54, 1.807) is 12.4 Å². The van der Waals surface area contributed by atoms with Gasteiger partial charge in [0.1, 0.15) is 17.3 Å². The number of hydrogen-bond donors (Lipinski definition) is 2. The van der Waals surface area contributed by atoms with Crippen molar-refractivity contribution >= 4 is 16.7 Å². The van der Waals surface area contributed by atoms with E-state index in [-0.39, 0.29) is 0 Å². The fourth-order valence-electron chi connectivity index (χ4n) is 2.77. The van der Waals surface area contributed by atoms with Crippen LogP contribution in [0.1, 0.15) is 5.56 Å². The standard InChI is InChI=1S/C19H14F2N4/c20-13-6-12(7-14(21)8-13)10-24-15-3-5-22-18(9-15)17-11-25-19-16(17)2-1-4-23-19/h1-9,11H,10H2,(H,22,24)(H,23,25). The molecule has 0 aliphatic carbocycles. The first-order valence-electron chi connectivity index (χ1n) is 7.76. The van der Waals surface area contributed by atoms with Gasteiger partial charge in [0, 0.05) is 47.8 Å². The highest BCUT2D eigenvalue weighted by molar-refractivity contribution is 5.92. The molecular formula is C19H14F2N4. The molecule has 124 valence electrons. The highest BCUT2D eigenvalue weighted by atomic mass is 19.1. The molecule has 0 amide bonds. The summed E-state index contributed by atoms with van der Waals surface area (Å²) in [5.74, 6) is -1.17. The molecule has 2 N–H and O–H groups in total. The van der Waals surface area contributed by atoms with Crippen molar-refractivity contribution in [3.63, 3.8) is 0 Å². The van der Waals surface area contributed by atoms with Crippen molar-refractivity contribution in [2.24, 2.45) is 0 Å². The lowest BCUT2D eigenvalue weighted by Crippen LogP contribution is -2.01. The lowest BCUT2D eigenvalue weighted by molar-refractivity contribution is 0.580.